The molecule has 0 aromatic heterocycles. The van der Waals surface area contributed by atoms with Crippen LogP contribution in [0.2, 0.25) is 0 Å². The minimum atomic E-state index is -0.163. The largest absolute Gasteiger partial charge is 0.355 e. The Morgan fingerprint density at radius 3 is 2.54 bits per heavy atom. The smallest absolute Gasteiger partial charge is 0.227 e. The fourth-order valence-electron chi connectivity index (χ4n) is 3.32. The summed E-state index contributed by atoms with van der Waals surface area (Å²) in [5, 5.41) is 5.61. The Morgan fingerprint density at radius 1 is 1.07 bits per heavy atom. The van der Waals surface area contributed by atoms with Crippen molar-refractivity contribution in [1.29, 1.82) is 0 Å². The van der Waals surface area contributed by atoms with Gasteiger partial charge in [-0.25, -0.2) is 0 Å². The van der Waals surface area contributed by atoms with Crippen LogP contribution in [0.3, 0.4) is 0 Å². The number of aryl methyl sites for hydroxylation is 1. The molecule has 3 amide bonds. The lowest BCUT2D eigenvalue weighted by atomic mass is 10.1. The molecule has 6 nitrogen and oxygen atoms in total. The van der Waals surface area contributed by atoms with Crippen LogP contribution in [0.5, 0.6) is 0 Å². The van der Waals surface area contributed by atoms with Crippen LogP contribution in [0.1, 0.15) is 30.4 Å². The predicted molar refractivity (Wildman–Crippen MR) is 109 cm³/mol. The highest BCUT2D eigenvalue weighted by molar-refractivity contribution is 5.97. The van der Waals surface area contributed by atoms with Gasteiger partial charge in [-0.05, 0) is 42.7 Å². The van der Waals surface area contributed by atoms with Crippen LogP contribution in [0.25, 0.3) is 0 Å². The first-order valence-electron chi connectivity index (χ1n) is 9.54. The molecule has 0 aliphatic carbocycles. The minimum absolute atomic E-state index is 0.102. The van der Waals surface area contributed by atoms with Gasteiger partial charge in [0.05, 0.1) is 6.42 Å². The number of amides is 3. The normalized spacial score (nSPS) is 13.5. The van der Waals surface area contributed by atoms with Crippen molar-refractivity contribution in [2.75, 3.05) is 23.3 Å². The van der Waals surface area contributed by atoms with Crippen molar-refractivity contribution in [3.8, 4) is 0 Å². The maximum Gasteiger partial charge on any atom is 0.227 e. The number of nitrogens with one attached hydrogen (secondary N) is 2. The van der Waals surface area contributed by atoms with E-state index < -0.39 is 0 Å². The molecule has 2 N–H and O–H groups in total. The maximum atomic E-state index is 12.1. The molecule has 1 aliphatic rings. The molecule has 2 aromatic rings. The van der Waals surface area contributed by atoms with E-state index in [1.807, 2.05) is 49.4 Å². The third-order valence-electron chi connectivity index (χ3n) is 4.73. The molecule has 1 fully saturated rings. The van der Waals surface area contributed by atoms with E-state index in [9.17, 15) is 14.4 Å². The molecule has 28 heavy (non-hydrogen) atoms. The summed E-state index contributed by atoms with van der Waals surface area (Å²) in [5.41, 5.74) is 3.47. The first-order valence-corrected chi connectivity index (χ1v) is 9.54. The molecular formula is C22H25N3O3. The fourth-order valence-corrected chi connectivity index (χ4v) is 3.32. The Morgan fingerprint density at radius 2 is 1.86 bits per heavy atom. The molecule has 0 bridgehead atoms. The van der Waals surface area contributed by atoms with Crippen LogP contribution < -0.4 is 15.5 Å². The zero-order valence-electron chi connectivity index (χ0n) is 16.0. The summed E-state index contributed by atoms with van der Waals surface area (Å²) >= 11 is 0. The number of hydrogen-bond donors (Lipinski definition) is 2. The lowest BCUT2D eigenvalue weighted by molar-refractivity contribution is -0.121. The molecule has 0 unspecified atom stereocenters. The van der Waals surface area contributed by atoms with E-state index >= 15 is 0 Å². The van der Waals surface area contributed by atoms with E-state index in [2.05, 4.69) is 10.6 Å². The molecule has 6 heteroatoms. The molecule has 0 spiro atoms. The van der Waals surface area contributed by atoms with E-state index in [-0.39, 0.29) is 30.7 Å². The van der Waals surface area contributed by atoms with Crippen molar-refractivity contribution in [2.45, 2.75) is 32.6 Å². The number of benzene rings is 2. The molecule has 0 atom stereocenters. The third kappa shape index (κ3) is 5.19. The van der Waals surface area contributed by atoms with Crippen LogP contribution in [0.4, 0.5) is 11.4 Å². The molecular weight excluding hydrogens is 354 g/mol. The van der Waals surface area contributed by atoms with Crippen molar-refractivity contribution >= 4 is 29.1 Å². The van der Waals surface area contributed by atoms with E-state index in [1.165, 1.54) is 0 Å². The van der Waals surface area contributed by atoms with Gasteiger partial charge in [0, 0.05) is 37.3 Å². The Kier molecular flexibility index (Phi) is 6.42. The summed E-state index contributed by atoms with van der Waals surface area (Å²) in [6.45, 7) is 2.96. The fraction of sp³-hybridized carbons (Fsp3) is 0.318. The number of nitrogens with zero attached hydrogens (tertiary/aromatic N) is 1. The Hall–Kier alpha value is -3.15. The molecule has 1 saturated heterocycles. The highest BCUT2D eigenvalue weighted by Gasteiger charge is 2.23. The molecule has 0 radical (unpaired) electrons. The van der Waals surface area contributed by atoms with Gasteiger partial charge in [-0.3, -0.25) is 14.4 Å². The Balaban J connectivity index is 1.45. The third-order valence-corrected chi connectivity index (χ3v) is 4.73. The summed E-state index contributed by atoms with van der Waals surface area (Å²) in [4.78, 5) is 37.7. The lowest BCUT2D eigenvalue weighted by Crippen LogP contribution is -2.29. The zero-order chi connectivity index (χ0) is 19.9. The van der Waals surface area contributed by atoms with Crippen LogP contribution in [-0.4, -0.2) is 30.8 Å². The molecule has 146 valence electrons. The van der Waals surface area contributed by atoms with Crippen molar-refractivity contribution in [3.05, 3.63) is 59.7 Å². The van der Waals surface area contributed by atoms with Crippen LogP contribution in [-0.2, 0) is 20.8 Å². The number of carbonyl (C=O) groups is 3. The van der Waals surface area contributed by atoms with Gasteiger partial charge in [-0.1, -0.05) is 30.3 Å². The Bertz CT molecular complexity index is 865. The molecule has 2 aromatic carbocycles. The zero-order valence-corrected chi connectivity index (χ0v) is 16.0. The maximum absolute atomic E-state index is 12.1. The van der Waals surface area contributed by atoms with E-state index in [1.54, 1.807) is 11.0 Å². The Labute approximate surface area is 164 Å². The van der Waals surface area contributed by atoms with Gasteiger partial charge in [0.15, 0.2) is 0 Å². The first kappa shape index (κ1) is 19.6. The van der Waals surface area contributed by atoms with Crippen LogP contribution in [0, 0.1) is 6.92 Å². The van der Waals surface area contributed by atoms with Crippen molar-refractivity contribution in [1.82, 2.24) is 5.32 Å². The highest BCUT2D eigenvalue weighted by Crippen LogP contribution is 2.27. The van der Waals surface area contributed by atoms with Gasteiger partial charge in [-0.2, -0.15) is 0 Å². The van der Waals surface area contributed by atoms with Gasteiger partial charge >= 0.3 is 0 Å². The van der Waals surface area contributed by atoms with Gasteiger partial charge in [0.25, 0.3) is 0 Å². The van der Waals surface area contributed by atoms with Crippen molar-refractivity contribution in [3.63, 3.8) is 0 Å². The predicted octanol–water partition coefficient (Wildman–Crippen LogP) is 2.81. The van der Waals surface area contributed by atoms with Gasteiger partial charge in [0.2, 0.25) is 17.7 Å². The average molecular weight is 379 g/mol. The number of rotatable bonds is 7. The number of carbonyl (C=O) groups excluding carboxylic acids is 3. The summed E-state index contributed by atoms with van der Waals surface area (Å²) in [5.74, 6) is -0.120. The van der Waals surface area contributed by atoms with Crippen LogP contribution in [0.15, 0.2) is 48.5 Å². The van der Waals surface area contributed by atoms with E-state index in [4.69, 9.17) is 0 Å². The minimum Gasteiger partial charge on any atom is -0.355 e. The van der Waals surface area contributed by atoms with Crippen LogP contribution >= 0.6 is 0 Å². The second kappa shape index (κ2) is 9.17. The standard InChI is InChI=1S/C22H25N3O3/c1-16-14-18(9-10-19(16)25-13-5-8-22(25)28)24-20(26)11-12-23-21(27)15-17-6-3-2-4-7-17/h2-4,6-7,9-10,14H,5,8,11-13,15H2,1H3,(H,23,27)(H,24,26). The average Bonchev–Trinajstić information content (AvgIpc) is 3.08. The summed E-state index contributed by atoms with van der Waals surface area (Å²) in [7, 11) is 0. The molecule has 1 heterocycles. The van der Waals surface area contributed by atoms with E-state index in [0.717, 1.165) is 29.8 Å². The second-order valence-corrected chi connectivity index (χ2v) is 6.96. The highest BCUT2D eigenvalue weighted by atomic mass is 16.2. The second-order valence-electron chi connectivity index (χ2n) is 6.96. The van der Waals surface area contributed by atoms with Crippen molar-refractivity contribution < 1.29 is 14.4 Å². The SMILES string of the molecule is Cc1cc(NC(=O)CCNC(=O)Cc2ccccc2)ccc1N1CCCC1=O. The summed E-state index contributed by atoms with van der Waals surface area (Å²) in [6.07, 6.45) is 1.98. The summed E-state index contributed by atoms with van der Waals surface area (Å²) < 4.78 is 0. The number of anilines is 2. The van der Waals surface area contributed by atoms with Gasteiger partial charge < -0.3 is 15.5 Å². The summed E-state index contributed by atoms with van der Waals surface area (Å²) in [6, 6.07) is 15.0. The monoisotopic (exact) mass is 379 g/mol. The lowest BCUT2D eigenvalue weighted by Gasteiger charge is -2.19. The van der Waals surface area contributed by atoms with Gasteiger partial charge in [-0.15, -0.1) is 0 Å². The molecule has 3 rings (SSSR count). The van der Waals surface area contributed by atoms with E-state index in [0.29, 0.717) is 18.5 Å². The quantitative estimate of drug-likeness (QED) is 0.776. The van der Waals surface area contributed by atoms with Gasteiger partial charge in [0.1, 0.15) is 0 Å². The van der Waals surface area contributed by atoms with Crippen molar-refractivity contribution in [2.24, 2.45) is 0 Å². The molecule has 0 saturated carbocycles. The topological polar surface area (TPSA) is 78.5 Å². The number of hydrogen-bond acceptors (Lipinski definition) is 3. The molecule has 1 aliphatic heterocycles. The first-order chi connectivity index (χ1) is 13.5.